The monoisotopic (exact) mass is 244 g/mol. The molecule has 0 N–H and O–H groups in total. The average Bonchev–Trinajstić information content (AvgIpc) is 2.35. The zero-order chi connectivity index (χ0) is 12.6. The van der Waals surface area contributed by atoms with Crippen LogP contribution in [0.15, 0.2) is 0 Å². The lowest BCUT2D eigenvalue weighted by Gasteiger charge is -2.04. The van der Waals surface area contributed by atoms with E-state index in [0.29, 0.717) is 0 Å². The van der Waals surface area contributed by atoms with Crippen LogP contribution in [0, 0.1) is 0 Å². The molecule has 2 nitrogen and oxygen atoms in total. The second kappa shape index (κ2) is 15.9. The van der Waals surface area contributed by atoms with E-state index in [0.717, 1.165) is 39.3 Å². The van der Waals surface area contributed by atoms with Crippen LogP contribution in [-0.2, 0) is 9.47 Å². The summed E-state index contributed by atoms with van der Waals surface area (Å²) in [6, 6.07) is 0. The molecule has 0 saturated carbocycles. The van der Waals surface area contributed by atoms with Gasteiger partial charge in [-0.25, -0.2) is 0 Å². The highest BCUT2D eigenvalue weighted by Gasteiger charge is 1.92. The molecular formula is C15H32O2. The molecule has 0 amide bonds. The van der Waals surface area contributed by atoms with Crippen molar-refractivity contribution in [1.29, 1.82) is 0 Å². The highest BCUT2D eigenvalue weighted by atomic mass is 16.5. The van der Waals surface area contributed by atoms with Gasteiger partial charge in [-0.05, 0) is 26.2 Å². The van der Waals surface area contributed by atoms with Crippen LogP contribution in [0.1, 0.15) is 71.6 Å². The summed E-state index contributed by atoms with van der Waals surface area (Å²) in [6.45, 7) is 7.87. The zero-order valence-corrected chi connectivity index (χ0v) is 12.0. The first-order chi connectivity index (χ1) is 8.41. The fourth-order valence-corrected chi connectivity index (χ4v) is 1.82. The maximum Gasteiger partial charge on any atom is 0.0466 e. The van der Waals surface area contributed by atoms with Gasteiger partial charge in [0, 0.05) is 26.4 Å². The van der Waals surface area contributed by atoms with Crippen molar-refractivity contribution in [2.24, 2.45) is 0 Å². The van der Waals surface area contributed by atoms with Crippen LogP contribution in [0.2, 0.25) is 0 Å². The molecular weight excluding hydrogens is 212 g/mol. The number of hydrogen-bond donors (Lipinski definition) is 0. The van der Waals surface area contributed by atoms with E-state index >= 15 is 0 Å². The quantitative estimate of drug-likeness (QED) is 0.417. The largest absolute Gasteiger partial charge is 0.382 e. The van der Waals surface area contributed by atoms with Crippen molar-refractivity contribution < 1.29 is 9.47 Å². The van der Waals surface area contributed by atoms with E-state index < -0.39 is 0 Å². The third kappa shape index (κ3) is 15.9. The summed E-state index contributed by atoms with van der Waals surface area (Å²) in [6.07, 6.45) is 11.8. The van der Waals surface area contributed by atoms with Crippen molar-refractivity contribution >= 4 is 0 Å². The first-order valence-electron chi connectivity index (χ1n) is 7.57. The second-order valence-corrected chi connectivity index (χ2v) is 4.64. The summed E-state index contributed by atoms with van der Waals surface area (Å²) in [4.78, 5) is 0. The van der Waals surface area contributed by atoms with Crippen LogP contribution in [-0.4, -0.2) is 26.4 Å². The van der Waals surface area contributed by atoms with Crippen molar-refractivity contribution in [3.05, 3.63) is 0 Å². The molecule has 0 aromatic rings. The maximum absolute atomic E-state index is 5.59. The Bertz CT molecular complexity index is 112. The van der Waals surface area contributed by atoms with Gasteiger partial charge in [-0.1, -0.05) is 45.4 Å². The Labute approximate surface area is 108 Å². The molecule has 0 aliphatic heterocycles. The molecule has 0 rings (SSSR count). The molecule has 0 saturated heterocycles. The van der Waals surface area contributed by atoms with Gasteiger partial charge in [-0.3, -0.25) is 0 Å². The van der Waals surface area contributed by atoms with Crippen molar-refractivity contribution in [1.82, 2.24) is 0 Å². The topological polar surface area (TPSA) is 18.5 Å². The summed E-state index contributed by atoms with van der Waals surface area (Å²) in [5.74, 6) is 0. The predicted molar refractivity (Wildman–Crippen MR) is 74.5 cm³/mol. The molecule has 0 bridgehead atoms. The number of rotatable bonds is 14. The van der Waals surface area contributed by atoms with Crippen LogP contribution in [0.4, 0.5) is 0 Å². The predicted octanol–water partition coefficient (Wildman–Crippen LogP) is 4.57. The van der Waals surface area contributed by atoms with Crippen molar-refractivity contribution in [2.45, 2.75) is 71.6 Å². The summed E-state index contributed by atoms with van der Waals surface area (Å²) in [5, 5.41) is 0. The molecule has 0 spiro atoms. The first-order valence-corrected chi connectivity index (χ1v) is 7.57. The zero-order valence-electron chi connectivity index (χ0n) is 12.0. The van der Waals surface area contributed by atoms with E-state index in [2.05, 4.69) is 6.92 Å². The Hall–Kier alpha value is -0.0800. The van der Waals surface area contributed by atoms with E-state index in [1.54, 1.807) is 0 Å². The molecule has 0 aromatic carbocycles. The molecule has 0 aliphatic carbocycles. The molecule has 0 heterocycles. The van der Waals surface area contributed by atoms with Crippen molar-refractivity contribution in [3.8, 4) is 0 Å². The van der Waals surface area contributed by atoms with Crippen LogP contribution >= 0.6 is 0 Å². The fourth-order valence-electron chi connectivity index (χ4n) is 1.82. The molecule has 0 radical (unpaired) electrons. The van der Waals surface area contributed by atoms with Gasteiger partial charge in [-0.2, -0.15) is 0 Å². The van der Waals surface area contributed by atoms with Gasteiger partial charge in [0.2, 0.25) is 0 Å². The number of unbranched alkanes of at least 4 members (excludes halogenated alkanes) is 7. The molecule has 104 valence electrons. The van der Waals surface area contributed by atoms with Crippen LogP contribution in [0.5, 0.6) is 0 Å². The Morgan fingerprint density at radius 1 is 0.529 bits per heavy atom. The van der Waals surface area contributed by atoms with E-state index in [4.69, 9.17) is 9.47 Å². The molecule has 17 heavy (non-hydrogen) atoms. The van der Waals surface area contributed by atoms with E-state index in [9.17, 15) is 0 Å². The fraction of sp³-hybridized carbons (Fsp3) is 1.00. The van der Waals surface area contributed by atoms with Gasteiger partial charge >= 0.3 is 0 Å². The lowest BCUT2D eigenvalue weighted by molar-refractivity contribution is 0.106. The lowest BCUT2D eigenvalue weighted by Crippen LogP contribution is -2.00. The lowest BCUT2D eigenvalue weighted by atomic mass is 10.1. The summed E-state index contributed by atoms with van der Waals surface area (Å²) in [7, 11) is 0. The molecule has 0 aliphatic rings. The van der Waals surface area contributed by atoms with Gasteiger partial charge in [0.1, 0.15) is 0 Å². The van der Waals surface area contributed by atoms with E-state index in [1.165, 1.54) is 44.9 Å². The normalized spacial score (nSPS) is 10.9. The average molecular weight is 244 g/mol. The smallest absolute Gasteiger partial charge is 0.0466 e. The maximum atomic E-state index is 5.59. The van der Waals surface area contributed by atoms with Crippen LogP contribution in [0.25, 0.3) is 0 Å². The highest BCUT2D eigenvalue weighted by molar-refractivity contribution is 4.45. The first kappa shape index (κ1) is 16.9. The van der Waals surface area contributed by atoms with Crippen LogP contribution in [0.3, 0.4) is 0 Å². The Kier molecular flexibility index (Phi) is 15.8. The Morgan fingerprint density at radius 3 is 1.59 bits per heavy atom. The SMILES string of the molecule is CCCCCCCCCOCCCCOCC. The second-order valence-electron chi connectivity index (χ2n) is 4.64. The van der Waals surface area contributed by atoms with Gasteiger partial charge in [0.05, 0.1) is 0 Å². The minimum atomic E-state index is 0.832. The molecule has 0 atom stereocenters. The summed E-state index contributed by atoms with van der Waals surface area (Å²) in [5.41, 5.74) is 0. The number of hydrogen-bond acceptors (Lipinski definition) is 2. The molecule has 0 unspecified atom stereocenters. The summed E-state index contributed by atoms with van der Waals surface area (Å²) >= 11 is 0. The van der Waals surface area contributed by atoms with Gasteiger partial charge in [0.25, 0.3) is 0 Å². The minimum Gasteiger partial charge on any atom is -0.382 e. The van der Waals surface area contributed by atoms with Gasteiger partial charge in [-0.15, -0.1) is 0 Å². The molecule has 0 fully saturated rings. The highest BCUT2D eigenvalue weighted by Crippen LogP contribution is 2.06. The Morgan fingerprint density at radius 2 is 1.00 bits per heavy atom. The van der Waals surface area contributed by atoms with E-state index in [-0.39, 0.29) is 0 Å². The summed E-state index contributed by atoms with van der Waals surface area (Å²) < 4.78 is 10.9. The van der Waals surface area contributed by atoms with Crippen LogP contribution < -0.4 is 0 Å². The minimum absolute atomic E-state index is 0.832. The molecule has 2 heteroatoms. The van der Waals surface area contributed by atoms with Crippen molar-refractivity contribution in [2.75, 3.05) is 26.4 Å². The van der Waals surface area contributed by atoms with E-state index in [1.807, 2.05) is 6.92 Å². The third-order valence-electron chi connectivity index (χ3n) is 2.92. The standard InChI is InChI=1S/C15H32O2/c1-3-5-6-7-8-9-10-14-17-15-12-11-13-16-4-2/h3-15H2,1-2H3. The Balaban J connectivity index is 2.85. The number of ether oxygens (including phenoxy) is 2. The molecule has 0 aromatic heterocycles. The van der Waals surface area contributed by atoms with Crippen molar-refractivity contribution in [3.63, 3.8) is 0 Å². The van der Waals surface area contributed by atoms with Gasteiger partial charge in [0.15, 0.2) is 0 Å². The van der Waals surface area contributed by atoms with Gasteiger partial charge < -0.3 is 9.47 Å². The third-order valence-corrected chi connectivity index (χ3v) is 2.92.